The molecule has 1 aromatic rings. The van der Waals surface area contributed by atoms with E-state index in [4.69, 9.17) is 11.0 Å². The largest absolute Gasteiger partial charge is 0.478 e. The number of benzene rings is 1. The van der Waals surface area contributed by atoms with E-state index in [-0.39, 0.29) is 6.61 Å². The van der Waals surface area contributed by atoms with Crippen LogP contribution in [-0.2, 0) is 11.4 Å². The van der Waals surface area contributed by atoms with Crippen LogP contribution in [0, 0.1) is 13.8 Å². The topological polar surface area (TPSA) is 72.5 Å². The summed E-state index contributed by atoms with van der Waals surface area (Å²) in [5.74, 6) is 4.02. The summed E-state index contributed by atoms with van der Waals surface area (Å²) >= 11 is 0. The quantitative estimate of drug-likeness (QED) is 0.715. The lowest BCUT2D eigenvalue weighted by atomic mass is 10.0. The predicted molar refractivity (Wildman–Crippen MR) is 51.9 cm³/mol. The van der Waals surface area contributed by atoms with Crippen LogP contribution in [0.1, 0.15) is 27.0 Å². The zero-order chi connectivity index (χ0) is 10.7. The standard InChI is InChI=1S/C10H13NO3/c1-6-3-7(2)9(10(12)13)4-8(6)5-14-11/h3-4H,5,11H2,1-2H3,(H,12,13). The number of carboxylic acid groups (broad SMARTS) is 1. The number of rotatable bonds is 3. The van der Waals surface area contributed by atoms with Crippen LogP contribution in [0.4, 0.5) is 0 Å². The molecule has 0 radical (unpaired) electrons. The van der Waals surface area contributed by atoms with Gasteiger partial charge in [0.15, 0.2) is 0 Å². The van der Waals surface area contributed by atoms with Crippen LogP contribution in [0.5, 0.6) is 0 Å². The molecule has 14 heavy (non-hydrogen) atoms. The Labute approximate surface area is 82.3 Å². The zero-order valence-corrected chi connectivity index (χ0v) is 8.20. The lowest BCUT2D eigenvalue weighted by molar-refractivity contribution is 0.0695. The Morgan fingerprint density at radius 1 is 1.43 bits per heavy atom. The molecule has 0 unspecified atom stereocenters. The summed E-state index contributed by atoms with van der Waals surface area (Å²) in [6.07, 6.45) is 0. The molecule has 4 heteroatoms. The number of aromatic carboxylic acids is 1. The molecule has 0 spiro atoms. The van der Waals surface area contributed by atoms with Crippen molar-refractivity contribution in [1.82, 2.24) is 0 Å². The van der Waals surface area contributed by atoms with Gasteiger partial charge in [0.05, 0.1) is 12.2 Å². The minimum atomic E-state index is -0.930. The van der Waals surface area contributed by atoms with Crippen LogP contribution < -0.4 is 5.90 Å². The highest BCUT2D eigenvalue weighted by Crippen LogP contribution is 2.16. The maximum absolute atomic E-state index is 10.8. The molecule has 0 aromatic heterocycles. The first-order chi connectivity index (χ1) is 6.56. The molecule has 0 heterocycles. The fourth-order valence-corrected chi connectivity index (χ4v) is 1.37. The molecule has 0 amide bonds. The van der Waals surface area contributed by atoms with Crippen LogP contribution in [0.15, 0.2) is 12.1 Å². The Bertz CT molecular complexity index is 361. The molecule has 0 aliphatic rings. The molecule has 1 aromatic carbocycles. The van der Waals surface area contributed by atoms with E-state index in [0.717, 1.165) is 16.7 Å². The summed E-state index contributed by atoms with van der Waals surface area (Å²) in [5, 5.41) is 8.88. The molecule has 0 saturated heterocycles. The summed E-state index contributed by atoms with van der Waals surface area (Å²) in [6, 6.07) is 3.41. The highest BCUT2D eigenvalue weighted by Gasteiger charge is 2.10. The van der Waals surface area contributed by atoms with Crippen molar-refractivity contribution in [2.75, 3.05) is 0 Å². The van der Waals surface area contributed by atoms with Crippen LogP contribution >= 0.6 is 0 Å². The van der Waals surface area contributed by atoms with Gasteiger partial charge in [-0.25, -0.2) is 10.7 Å². The van der Waals surface area contributed by atoms with Gasteiger partial charge < -0.3 is 5.11 Å². The second-order valence-electron chi connectivity index (χ2n) is 3.21. The maximum atomic E-state index is 10.8. The predicted octanol–water partition coefficient (Wildman–Crippen LogP) is 1.39. The molecule has 76 valence electrons. The Hall–Kier alpha value is -1.39. The first-order valence-corrected chi connectivity index (χ1v) is 4.21. The number of carboxylic acids is 1. The van der Waals surface area contributed by atoms with Crippen LogP contribution in [0.3, 0.4) is 0 Å². The number of carbonyl (C=O) groups is 1. The smallest absolute Gasteiger partial charge is 0.335 e. The molecular formula is C10H13NO3. The Morgan fingerprint density at radius 3 is 2.57 bits per heavy atom. The highest BCUT2D eigenvalue weighted by molar-refractivity contribution is 5.89. The van der Waals surface area contributed by atoms with E-state index in [9.17, 15) is 4.79 Å². The summed E-state index contributed by atoms with van der Waals surface area (Å²) in [6.45, 7) is 3.89. The monoisotopic (exact) mass is 195 g/mol. The molecule has 4 nitrogen and oxygen atoms in total. The Balaban J connectivity index is 3.20. The van der Waals surface area contributed by atoms with Crippen molar-refractivity contribution in [1.29, 1.82) is 0 Å². The van der Waals surface area contributed by atoms with Gasteiger partial charge in [-0.1, -0.05) is 6.07 Å². The summed E-state index contributed by atoms with van der Waals surface area (Å²) in [4.78, 5) is 15.3. The first kappa shape index (κ1) is 10.7. The number of hydrogen-bond donors (Lipinski definition) is 2. The van der Waals surface area contributed by atoms with Crippen LogP contribution in [0.25, 0.3) is 0 Å². The number of nitrogens with two attached hydrogens (primary N) is 1. The molecule has 1 rings (SSSR count). The van der Waals surface area contributed by atoms with Gasteiger partial charge in [-0.2, -0.15) is 0 Å². The molecule has 0 fully saturated rings. The molecular weight excluding hydrogens is 182 g/mol. The van der Waals surface area contributed by atoms with E-state index in [1.54, 1.807) is 13.0 Å². The van der Waals surface area contributed by atoms with Crippen molar-refractivity contribution in [3.8, 4) is 0 Å². The molecule has 0 bridgehead atoms. The maximum Gasteiger partial charge on any atom is 0.335 e. The minimum Gasteiger partial charge on any atom is -0.478 e. The van der Waals surface area contributed by atoms with Gasteiger partial charge in [0, 0.05) is 0 Å². The highest BCUT2D eigenvalue weighted by atomic mass is 16.6. The van der Waals surface area contributed by atoms with Crippen molar-refractivity contribution >= 4 is 5.97 Å². The number of hydrogen-bond acceptors (Lipinski definition) is 3. The zero-order valence-electron chi connectivity index (χ0n) is 8.20. The van der Waals surface area contributed by atoms with E-state index < -0.39 is 5.97 Å². The second kappa shape index (κ2) is 4.21. The van der Waals surface area contributed by atoms with Crippen molar-refractivity contribution in [2.45, 2.75) is 20.5 Å². The Morgan fingerprint density at radius 2 is 2.07 bits per heavy atom. The Kier molecular flexibility index (Phi) is 3.22. The SMILES string of the molecule is Cc1cc(C)c(C(=O)O)cc1CON. The number of aryl methyl sites for hydroxylation is 2. The first-order valence-electron chi connectivity index (χ1n) is 4.21. The lowest BCUT2D eigenvalue weighted by Crippen LogP contribution is -2.06. The molecule has 0 atom stereocenters. The molecule has 0 aliphatic heterocycles. The van der Waals surface area contributed by atoms with Crippen molar-refractivity contribution < 1.29 is 14.7 Å². The van der Waals surface area contributed by atoms with Gasteiger partial charge in [0.25, 0.3) is 0 Å². The van der Waals surface area contributed by atoms with E-state index >= 15 is 0 Å². The van der Waals surface area contributed by atoms with Crippen molar-refractivity contribution in [3.63, 3.8) is 0 Å². The van der Waals surface area contributed by atoms with E-state index in [1.807, 2.05) is 13.0 Å². The van der Waals surface area contributed by atoms with Gasteiger partial charge in [0.1, 0.15) is 0 Å². The van der Waals surface area contributed by atoms with Gasteiger partial charge in [-0.3, -0.25) is 4.84 Å². The fraction of sp³-hybridized carbons (Fsp3) is 0.300. The van der Waals surface area contributed by atoms with Crippen LogP contribution in [0.2, 0.25) is 0 Å². The van der Waals surface area contributed by atoms with Gasteiger partial charge in [-0.05, 0) is 36.6 Å². The van der Waals surface area contributed by atoms with Gasteiger partial charge >= 0.3 is 5.97 Å². The van der Waals surface area contributed by atoms with Gasteiger partial charge in [-0.15, -0.1) is 0 Å². The minimum absolute atomic E-state index is 0.229. The normalized spacial score (nSPS) is 10.2. The third-order valence-corrected chi connectivity index (χ3v) is 2.15. The summed E-state index contributed by atoms with van der Waals surface area (Å²) in [5.41, 5.74) is 2.83. The third kappa shape index (κ3) is 2.10. The average molecular weight is 195 g/mol. The van der Waals surface area contributed by atoms with E-state index in [2.05, 4.69) is 4.84 Å². The molecule has 0 saturated carbocycles. The fourth-order valence-electron chi connectivity index (χ4n) is 1.37. The summed E-state index contributed by atoms with van der Waals surface area (Å²) < 4.78 is 0. The van der Waals surface area contributed by atoms with Crippen molar-refractivity contribution in [2.24, 2.45) is 5.90 Å². The van der Waals surface area contributed by atoms with Gasteiger partial charge in [0.2, 0.25) is 0 Å². The van der Waals surface area contributed by atoms with Crippen LogP contribution in [-0.4, -0.2) is 11.1 Å². The molecule has 0 aliphatic carbocycles. The second-order valence-corrected chi connectivity index (χ2v) is 3.21. The third-order valence-electron chi connectivity index (χ3n) is 2.15. The van der Waals surface area contributed by atoms with E-state index in [0.29, 0.717) is 5.56 Å². The molecule has 3 N–H and O–H groups in total. The summed E-state index contributed by atoms with van der Waals surface area (Å²) in [7, 11) is 0. The van der Waals surface area contributed by atoms with E-state index in [1.165, 1.54) is 0 Å². The van der Waals surface area contributed by atoms with Crippen molar-refractivity contribution in [3.05, 3.63) is 34.4 Å². The lowest BCUT2D eigenvalue weighted by Gasteiger charge is -2.08. The average Bonchev–Trinajstić information content (AvgIpc) is 2.09.